The maximum Gasteiger partial charge on any atom is 0.0849 e. The molecule has 1 aliphatic rings. The minimum Gasteiger partial charge on any atom is -0.322 e. The molecule has 4 heteroatoms. The fourth-order valence-electron chi connectivity index (χ4n) is 2.29. The molecule has 1 fully saturated rings. The number of hydrogen-bond donors (Lipinski definition) is 2. The van der Waals surface area contributed by atoms with Crippen LogP contribution in [0.15, 0.2) is 28.7 Å². The van der Waals surface area contributed by atoms with Crippen LogP contribution in [0.3, 0.4) is 0 Å². The van der Waals surface area contributed by atoms with Gasteiger partial charge in [0.2, 0.25) is 0 Å². The van der Waals surface area contributed by atoms with E-state index in [2.05, 4.69) is 33.5 Å². The van der Waals surface area contributed by atoms with E-state index in [0.717, 1.165) is 26.8 Å². The first kappa shape index (κ1) is 11.0. The Kier molecular flexibility index (Phi) is 2.76. The van der Waals surface area contributed by atoms with E-state index in [4.69, 9.17) is 10.8 Å². The summed E-state index contributed by atoms with van der Waals surface area (Å²) in [6, 6.07) is 8.17. The highest BCUT2D eigenvalue weighted by molar-refractivity contribution is 9.10. The van der Waals surface area contributed by atoms with Crippen molar-refractivity contribution in [1.82, 2.24) is 4.98 Å². The summed E-state index contributed by atoms with van der Waals surface area (Å²) in [5.41, 5.74) is 5.87. The van der Waals surface area contributed by atoms with Gasteiger partial charge >= 0.3 is 0 Å². The lowest BCUT2D eigenvalue weighted by atomic mass is 9.82. The van der Waals surface area contributed by atoms with Crippen molar-refractivity contribution in [1.29, 1.82) is 0 Å². The van der Waals surface area contributed by atoms with Crippen molar-refractivity contribution in [3.8, 4) is 0 Å². The number of nitrogens with zero attached hydrogens (tertiary/aromatic N) is 1. The van der Waals surface area contributed by atoms with Crippen LogP contribution in [0.4, 0.5) is 5.69 Å². The fraction of sp³-hybridized carbons (Fsp3) is 0.308. The Morgan fingerprint density at radius 3 is 2.82 bits per heavy atom. The van der Waals surface area contributed by atoms with Gasteiger partial charge in [-0.05, 0) is 40.9 Å². The minimum atomic E-state index is 0.567. The van der Waals surface area contributed by atoms with Crippen LogP contribution in [0.1, 0.15) is 30.9 Å². The number of hydrogen-bond acceptors (Lipinski definition) is 3. The normalized spacial score (nSPS) is 15.9. The Morgan fingerprint density at radius 2 is 2.18 bits per heavy atom. The van der Waals surface area contributed by atoms with Crippen LogP contribution in [0.2, 0.25) is 0 Å². The van der Waals surface area contributed by atoms with Crippen molar-refractivity contribution in [3.05, 3.63) is 34.4 Å². The first-order chi connectivity index (χ1) is 8.29. The van der Waals surface area contributed by atoms with Gasteiger partial charge in [-0.1, -0.05) is 18.6 Å². The van der Waals surface area contributed by atoms with Crippen molar-refractivity contribution in [2.45, 2.75) is 25.2 Å². The Bertz CT molecular complexity index is 564. The second-order valence-electron chi connectivity index (χ2n) is 4.50. The number of aromatic nitrogens is 1. The van der Waals surface area contributed by atoms with E-state index < -0.39 is 0 Å². The molecule has 0 spiro atoms. The number of hydrazine groups is 1. The highest BCUT2D eigenvalue weighted by Gasteiger charge is 2.24. The topological polar surface area (TPSA) is 50.9 Å². The quantitative estimate of drug-likeness (QED) is 0.657. The van der Waals surface area contributed by atoms with E-state index in [1.165, 1.54) is 19.3 Å². The third-order valence-electron chi connectivity index (χ3n) is 3.47. The Balaban J connectivity index is 2.22. The molecule has 1 saturated carbocycles. The number of rotatable bonds is 2. The number of nitrogens with two attached hydrogens (primary N) is 1. The molecule has 0 unspecified atom stereocenters. The van der Waals surface area contributed by atoms with Crippen LogP contribution in [-0.2, 0) is 0 Å². The van der Waals surface area contributed by atoms with Gasteiger partial charge in [-0.2, -0.15) is 0 Å². The van der Waals surface area contributed by atoms with E-state index >= 15 is 0 Å². The van der Waals surface area contributed by atoms with Crippen molar-refractivity contribution in [3.63, 3.8) is 0 Å². The lowest BCUT2D eigenvalue weighted by Crippen LogP contribution is -2.16. The number of halogens is 1. The molecule has 0 bridgehead atoms. The first-order valence-corrected chi connectivity index (χ1v) is 6.64. The number of fused-ring (bicyclic) bond motifs is 1. The molecular formula is C13H14BrN3. The Morgan fingerprint density at radius 1 is 1.35 bits per heavy atom. The largest absolute Gasteiger partial charge is 0.322 e. The summed E-state index contributed by atoms with van der Waals surface area (Å²) in [7, 11) is 0. The number of anilines is 1. The van der Waals surface area contributed by atoms with Crippen molar-refractivity contribution in [2.75, 3.05) is 5.43 Å². The molecule has 2 aromatic rings. The fourth-order valence-corrected chi connectivity index (χ4v) is 2.76. The van der Waals surface area contributed by atoms with Crippen LogP contribution >= 0.6 is 15.9 Å². The van der Waals surface area contributed by atoms with Crippen LogP contribution in [0, 0.1) is 0 Å². The number of nitrogen functional groups attached to an aromatic ring is 1. The molecule has 0 atom stereocenters. The third-order valence-corrected chi connectivity index (χ3v) is 4.11. The summed E-state index contributed by atoms with van der Waals surface area (Å²) >= 11 is 3.55. The number of para-hydroxylation sites is 1. The lowest BCUT2D eigenvalue weighted by molar-refractivity contribution is 0.413. The van der Waals surface area contributed by atoms with Crippen molar-refractivity contribution in [2.24, 2.45) is 5.84 Å². The van der Waals surface area contributed by atoms with E-state index in [1.54, 1.807) is 0 Å². The van der Waals surface area contributed by atoms with E-state index in [1.807, 2.05) is 12.1 Å². The van der Waals surface area contributed by atoms with Crippen LogP contribution < -0.4 is 11.3 Å². The smallest absolute Gasteiger partial charge is 0.0849 e. The van der Waals surface area contributed by atoms with Gasteiger partial charge in [0.1, 0.15) is 0 Å². The van der Waals surface area contributed by atoms with Gasteiger partial charge in [0.15, 0.2) is 0 Å². The van der Waals surface area contributed by atoms with Gasteiger partial charge in [-0.3, -0.25) is 5.84 Å². The maximum absolute atomic E-state index is 5.59. The molecular weight excluding hydrogens is 278 g/mol. The summed E-state index contributed by atoms with van der Waals surface area (Å²) < 4.78 is 1.04. The van der Waals surface area contributed by atoms with Crippen molar-refractivity contribution >= 4 is 32.5 Å². The van der Waals surface area contributed by atoms with Gasteiger partial charge in [0.25, 0.3) is 0 Å². The number of nitrogens with one attached hydrogen (secondary N) is 1. The average molecular weight is 292 g/mol. The second-order valence-corrected chi connectivity index (χ2v) is 5.36. The molecule has 0 aliphatic heterocycles. The highest BCUT2D eigenvalue weighted by Crippen LogP contribution is 2.40. The molecule has 88 valence electrons. The maximum atomic E-state index is 5.59. The first-order valence-electron chi connectivity index (χ1n) is 5.85. The molecule has 1 aromatic heterocycles. The summed E-state index contributed by atoms with van der Waals surface area (Å²) in [6.07, 6.45) is 3.74. The second kappa shape index (κ2) is 4.27. The molecule has 0 saturated heterocycles. The summed E-state index contributed by atoms with van der Waals surface area (Å²) in [5, 5.41) is 1.11. The molecule has 17 heavy (non-hydrogen) atoms. The van der Waals surface area contributed by atoms with Gasteiger partial charge < -0.3 is 5.43 Å². The molecule has 3 nitrogen and oxygen atoms in total. The van der Waals surface area contributed by atoms with Gasteiger partial charge in [0.05, 0.1) is 16.9 Å². The Hall–Kier alpha value is -1.13. The predicted octanol–water partition coefficient (Wildman–Crippen LogP) is 3.55. The molecule has 1 aliphatic carbocycles. The third kappa shape index (κ3) is 1.81. The highest BCUT2D eigenvalue weighted by atomic mass is 79.9. The molecule has 0 amide bonds. The van der Waals surface area contributed by atoms with E-state index in [0.29, 0.717) is 5.92 Å². The van der Waals surface area contributed by atoms with Crippen LogP contribution in [0.5, 0.6) is 0 Å². The summed E-state index contributed by atoms with van der Waals surface area (Å²) in [6.45, 7) is 0. The SMILES string of the molecule is NNc1cc2cccc(Br)c2nc1C1CCC1. The molecule has 1 heterocycles. The van der Waals surface area contributed by atoms with Gasteiger partial charge in [0, 0.05) is 15.8 Å². The minimum absolute atomic E-state index is 0.567. The number of pyridine rings is 1. The molecule has 0 radical (unpaired) electrons. The standard InChI is InChI=1S/C13H14BrN3/c14-10-6-2-5-9-7-11(17-15)13(16-12(9)10)8-3-1-4-8/h2,5-8,17H,1,3-4,15H2. The summed E-state index contributed by atoms with van der Waals surface area (Å²) in [4.78, 5) is 4.78. The molecule has 3 rings (SSSR count). The Labute approximate surface area is 109 Å². The zero-order valence-electron chi connectivity index (χ0n) is 9.41. The molecule has 1 aromatic carbocycles. The van der Waals surface area contributed by atoms with Crippen LogP contribution in [-0.4, -0.2) is 4.98 Å². The molecule has 3 N–H and O–H groups in total. The van der Waals surface area contributed by atoms with E-state index in [9.17, 15) is 0 Å². The average Bonchev–Trinajstić information content (AvgIpc) is 2.27. The summed E-state index contributed by atoms with van der Waals surface area (Å²) in [5.74, 6) is 6.16. The van der Waals surface area contributed by atoms with Gasteiger partial charge in [-0.25, -0.2) is 4.98 Å². The monoisotopic (exact) mass is 291 g/mol. The predicted molar refractivity (Wildman–Crippen MR) is 73.8 cm³/mol. The zero-order chi connectivity index (χ0) is 11.8. The number of benzene rings is 1. The van der Waals surface area contributed by atoms with Crippen molar-refractivity contribution < 1.29 is 0 Å². The van der Waals surface area contributed by atoms with Gasteiger partial charge in [-0.15, -0.1) is 0 Å². The zero-order valence-corrected chi connectivity index (χ0v) is 11.0. The van der Waals surface area contributed by atoms with Crippen LogP contribution in [0.25, 0.3) is 10.9 Å². The van der Waals surface area contributed by atoms with E-state index in [-0.39, 0.29) is 0 Å². The lowest BCUT2D eigenvalue weighted by Gasteiger charge is -2.27.